The Morgan fingerprint density at radius 3 is 2.83 bits per heavy atom. The molecule has 0 aliphatic heterocycles. The van der Waals surface area contributed by atoms with Crippen LogP contribution in [0, 0.1) is 0 Å². The van der Waals surface area contributed by atoms with Crippen LogP contribution in [0.1, 0.15) is 39.0 Å². The summed E-state index contributed by atoms with van der Waals surface area (Å²) in [6.07, 6.45) is 7.91. The average molecular weight is 246 g/mol. The van der Waals surface area contributed by atoms with Crippen LogP contribution in [-0.2, 0) is 0 Å². The molecule has 2 heterocycles. The zero-order valence-electron chi connectivity index (χ0n) is 10.5. The maximum atomic E-state index is 5.72. The van der Waals surface area contributed by atoms with Crippen LogP contribution in [0.15, 0.2) is 6.20 Å². The van der Waals surface area contributed by atoms with Gasteiger partial charge in [0.05, 0.1) is 11.6 Å². The molecule has 0 unspecified atom stereocenters. The third-order valence-corrected chi connectivity index (χ3v) is 3.70. The molecule has 3 rings (SSSR count). The first-order chi connectivity index (χ1) is 8.66. The summed E-state index contributed by atoms with van der Waals surface area (Å²) in [6, 6.07) is 0. The van der Waals surface area contributed by atoms with Gasteiger partial charge in [0.2, 0.25) is 5.95 Å². The van der Waals surface area contributed by atoms with Crippen LogP contribution in [0.2, 0.25) is 0 Å². The molecule has 0 aromatic carbocycles. The topological polar surface area (TPSA) is 92.5 Å². The van der Waals surface area contributed by atoms with Crippen molar-refractivity contribution in [3.8, 4) is 0 Å². The predicted molar refractivity (Wildman–Crippen MR) is 71.2 cm³/mol. The van der Waals surface area contributed by atoms with Crippen LogP contribution >= 0.6 is 0 Å². The van der Waals surface area contributed by atoms with Gasteiger partial charge in [-0.25, -0.2) is 0 Å². The number of hydrogen-bond acceptors (Lipinski definition) is 5. The standard InChI is InChI=1S/C12H18N6/c1-12(5-3-2-4-6-12)17-9-8-7-14-18-10(8)16-11(13)15-9/h7H,2-6H2,1H3,(H4,13,14,15,16,17,18). The van der Waals surface area contributed by atoms with Crippen LogP contribution in [0.3, 0.4) is 0 Å². The minimum absolute atomic E-state index is 0.100. The Morgan fingerprint density at radius 1 is 1.28 bits per heavy atom. The number of hydrogen-bond donors (Lipinski definition) is 3. The molecule has 18 heavy (non-hydrogen) atoms. The zero-order valence-corrected chi connectivity index (χ0v) is 10.5. The van der Waals surface area contributed by atoms with Gasteiger partial charge in [0.25, 0.3) is 0 Å². The predicted octanol–water partition coefficient (Wildman–Crippen LogP) is 2.07. The Balaban J connectivity index is 1.96. The van der Waals surface area contributed by atoms with Crippen molar-refractivity contribution >= 4 is 22.8 Å². The maximum Gasteiger partial charge on any atom is 0.224 e. The van der Waals surface area contributed by atoms with Gasteiger partial charge in [-0.2, -0.15) is 15.1 Å². The van der Waals surface area contributed by atoms with E-state index in [9.17, 15) is 0 Å². The molecule has 96 valence electrons. The van der Waals surface area contributed by atoms with E-state index in [0.717, 1.165) is 24.0 Å². The third kappa shape index (κ3) is 1.98. The Hall–Kier alpha value is -1.85. The highest BCUT2D eigenvalue weighted by atomic mass is 15.2. The fraction of sp³-hybridized carbons (Fsp3) is 0.583. The van der Waals surface area contributed by atoms with Crippen LogP contribution in [0.25, 0.3) is 11.0 Å². The normalized spacial score (nSPS) is 18.9. The van der Waals surface area contributed by atoms with E-state index >= 15 is 0 Å². The van der Waals surface area contributed by atoms with E-state index in [1.54, 1.807) is 6.20 Å². The van der Waals surface area contributed by atoms with Gasteiger partial charge in [0.15, 0.2) is 5.65 Å². The molecular formula is C12H18N6. The first-order valence-corrected chi connectivity index (χ1v) is 6.41. The van der Waals surface area contributed by atoms with Crippen LogP contribution in [0.5, 0.6) is 0 Å². The van der Waals surface area contributed by atoms with Crippen LogP contribution in [0.4, 0.5) is 11.8 Å². The summed E-state index contributed by atoms with van der Waals surface area (Å²) >= 11 is 0. The Morgan fingerprint density at radius 2 is 2.06 bits per heavy atom. The van der Waals surface area contributed by atoms with E-state index in [4.69, 9.17) is 5.73 Å². The maximum absolute atomic E-state index is 5.72. The summed E-state index contributed by atoms with van der Waals surface area (Å²) in [5, 5.41) is 11.3. The van der Waals surface area contributed by atoms with E-state index in [-0.39, 0.29) is 11.5 Å². The smallest absolute Gasteiger partial charge is 0.224 e. The quantitative estimate of drug-likeness (QED) is 0.754. The van der Waals surface area contributed by atoms with E-state index in [1.807, 2.05) is 0 Å². The molecule has 2 aromatic heterocycles. The number of anilines is 2. The van der Waals surface area contributed by atoms with Crippen molar-refractivity contribution in [2.24, 2.45) is 0 Å². The molecular weight excluding hydrogens is 228 g/mol. The monoisotopic (exact) mass is 246 g/mol. The molecule has 1 fully saturated rings. The summed E-state index contributed by atoms with van der Waals surface area (Å²) < 4.78 is 0. The van der Waals surface area contributed by atoms with Crippen molar-refractivity contribution in [3.05, 3.63) is 6.20 Å². The van der Waals surface area contributed by atoms with Gasteiger partial charge >= 0.3 is 0 Å². The van der Waals surface area contributed by atoms with Gasteiger partial charge in [-0.15, -0.1) is 0 Å². The van der Waals surface area contributed by atoms with E-state index in [0.29, 0.717) is 5.65 Å². The number of nitrogens with one attached hydrogen (secondary N) is 2. The van der Waals surface area contributed by atoms with Crippen molar-refractivity contribution in [2.75, 3.05) is 11.1 Å². The van der Waals surface area contributed by atoms with Crippen LogP contribution < -0.4 is 11.1 Å². The molecule has 1 saturated carbocycles. The molecule has 0 atom stereocenters. The Labute approximate surface area is 105 Å². The van der Waals surface area contributed by atoms with Gasteiger partial charge < -0.3 is 11.1 Å². The van der Waals surface area contributed by atoms with Gasteiger partial charge in [0.1, 0.15) is 5.82 Å². The van der Waals surface area contributed by atoms with Crippen molar-refractivity contribution in [2.45, 2.75) is 44.6 Å². The number of nitrogen functional groups attached to an aromatic ring is 1. The second kappa shape index (κ2) is 4.12. The number of aromatic nitrogens is 4. The minimum Gasteiger partial charge on any atom is -0.368 e. The fourth-order valence-corrected chi connectivity index (χ4v) is 2.69. The Kier molecular flexibility index (Phi) is 2.57. The molecule has 6 heteroatoms. The molecule has 4 N–H and O–H groups in total. The van der Waals surface area contributed by atoms with E-state index in [1.165, 1.54) is 19.3 Å². The number of aromatic amines is 1. The summed E-state index contributed by atoms with van der Waals surface area (Å²) in [5.74, 6) is 1.06. The number of nitrogens with zero attached hydrogens (tertiary/aromatic N) is 3. The van der Waals surface area contributed by atoms with Crippen molar-refractivity contribution < 1.29 is 0 Å². The van der Waals surface area contributed by atoms with Crippen molar-refractivity contribution in [3.63, 3.8) is 0 Å². The number of H-pyrrole nitrogens is 1. The lowest BCUT2D eigenvalue weighted by Gasteiger charge is -2.35. The lowest BCUT2D eigenvalue weighted by Crippen LogP contribution is -2.37. The lowest BCUT2D eigenvalue weighted by molar-refractivity contribution is 0.349. The first-order valence-electron chi connectivity index (χ1n) is 6.41. The highest BCUT2D eigenvalue weighted by molar-refractivity contribution is 5.87. The molecule has 0 amide bonds. The van der Waals surface area contributed by atoms with Gasteiger partial charge in [-0.05, 0) is 19.8 Å². The van der Waals surface area contributed by atoms with E-state index < -0.39 is 0 Å². The SMILES string of the molecule is CC1(Nc2nc(N)nc3[nH]ncc23)CCCCC1. The molecule has 1 aliphatic rings. The molecule has 0 radical (unpaired) electrons. The van der Waals surface area contributed by atoms with Crippen molar-refractivity contribution in [1.82, 2.24) is 20.2 Å². The second-order valence-corrected chi connectivity index (χ2v) is 5.31. The van der Waals surface area contributed by atoms with Gasteiger partial charge in [0, 0.05) is 5.54 Å². The number of fused-ring (bicyclic) bond motifs is 1. The average Bonchev–Trinajstić information content (AvgIpc) is 2.77. The molecule has 0 saturated heterocycles. The van der Waals surface area contributed by atoms with Crippen LogP contribution in [-0.4, -0.2) is 25.7 Å². The van der Waals surface area contributed by atoms with Gasteiger partial charge in [-0.3, -0.25) is 5.10 Å². The van der Waals surface area contributed by atoms with Gasteiger partial charge in [-0.1, -0.05) is 19.3 Å². The fourth-order valence-electron chi connectivity index (χ4n) is 2.69. The zero-order chi connectivity index (χ0) is 12.6. The second-order valence-electron chi connectivity index (χ2n) is 5.31. The molecule has 0 spiro atoms. The summed E-state index contributed by atoms with van der Waals surface area (Å²) in [6.45, 7) is 2.25. The Bertz CT molecular complexity index is 555. The summed E-state index contributed by atoms with van der Waals surface area (Å²) in [4.78, 5) is 8.43. The number of rotatable bonds is 2. The van der Waals surface area contributed by atoms with E-state index in [2.05, 4.69) is 32.4 Å². The molecule has 1 aliphatic carbocycles. The molecule has 2 aromatic rings. The largest absolute Gasteiger partial charge is 0.368 e. The highest BCUT2D eigenvalue weighted by Crippen LogP contribution is 2.32. The summed E-state index contributed by atoms with van der Waals surface area (Å²) in [7, 11) is 0. The third-order valence-electron chi connectivity index (χ3n) is 3.70. The highest BCUT2D eigenvalue weighted by Gasteiger charge is 2.27. The number of nitrogens with two attached hydrogens (primary N) is 1. The lowest BCUT2D eigenvalue weighted by atomic mass is 9.83. The van der Waals surface area contributed by atoms with Crippen molar-refractivity contribution in [1.29, 1.82) is 0 Å². The molecule has 6 nitrogen and oxygen atoms in total. The summed E-state index contributed by atoms with van der Waals surface area (Å²) in [5.41, 5.74) is 6.51. The first kappa shape index (κ1) is 11.3. The molecule has 0 bridgehead atoms. The minimum atomic E-state index is 0.100.